The largest absolute Gasteiger partial charge is 0.396 e. The maximum Gasteiger partial charge on any atom is 0.244 e. The van der Waals surface area contributed by atoms with Crippen LogP contribution in [0.4, 0.5) is 0 Å². The van der Waals surface area contributed by atoms with Crippen molar-refractivity contribution in [1.29, 1.82) is 0 Å². The maximum atomic E-state index is 11.8. The zero-order chi connectivity index (χ0) is 15.2. The van der Waals surface area contributed by atoms with Gasteiger partial charge in [0.1, 0.15) is 0 Å². The zero-order valence-electron chi connectivity index (χ0n) is 11.7. The molecule has 2 unspecified atom stereocenters. The first-order valence-corrected chi connectivity index (χ1v) is 7.87. The van der Waals surface area contributed by atoms with E-state index in [0.29, 0.717) is 34.0 Å². The molecule has 2 N–H and O–H groups in total. The molecule has 2 rings (SSSR count). The second kappa shape index (κ2) is 7.83. The van der Waals surface area contributed by atoms with Crippen LogP contribution in [0, 0.1) is 11.8 Å². The monoisotopic (exact) mass is 327 g/mol. The van der Waals surface area contributed by atoms with Gasteiger partial charge in [0.15, 0.2) is 0 Å². The van der Waals surface area contributed by atoms with E-state index in [1.165, 1.54) is 6.08 Å². The lowest BCUT2D eigenvalue weighted by Gasteiger charge is -2.17. The third kappa shape index (κ3) is 4.73. The van der Waals surface area contributed by atoms with E-state index in [9.17, 15) is 9.90 Å². The molecule has 0 aromatic heterocycles. The number of aliphatic hydroxyl groups excluding tert-OH is 1. The number of benzene rings is 1. The third-order valence-corrected chi connectivity index (χ3v) is 4.54. The number of rotatable bonds is 5. The van der Waals surface area contributed by atoms with Crippen LogP contribution in [0.3, 0.4) is 0 Å². The molecular weight excluding hydrogens is 309 g/mol. The minimum atomic E-state index is -0.158. The van der Waals surface area contributed by atoms with Gasteiger partial charge < -0.3 is 10.4 Å². The van der Waals surface area contributed by atoms with Crippen molar-refractivity contribution in [1.82, 2.24) is 5.32 Å². The first kappa shape index (κ1) is 16.3. The van der Waals surface area contributed by atoms with E-state index in [2.05, 4.69) is 5.32 Å². The molecular formula is C16H19Cl2NO2. The molecule has 1 fully saturated rings. The topological polar surface area (TPSA) is 49.3 Å². The van der Waals surface area contributed by atoms with Crippen LogP contribution in [-0.4, -0.2) is 24.2 Å². The van der Waals surface area contributed by atoms with Crippen LogP contribution in [0.2, 0.25) is 10.0 Å². The number of amides is 1. The first-order chi connectivity index (χ1) is 10.1. The van der Waals surface area contributed by atoms with Crippen molar-refractivity contribution < 1.29 is 9.90 Å². The molecule has 0 aliphatic heterocycles. The highest BCUT2D eigenvalue weighted by Crippen LogP contribution is 2.30. The Morgan fingerprint density at radius 1 is 1.33 bits per heavy atom. The first-order valence-electron chi connectivity index (χ1n) is 7.12. The Hall–Kier alpha value is -1.03. The standard InChI is InChI=1S/C16H19Cl2NO2/c17-14-5-6-15(18)11(8-14)4-7-16(21)19-9-12-2-1-3-13(12)10-20/h4-8,12-13,20H,1-3,9-10H2,(H,19,21). The highest BCUT2D eigenvalue weighted by Gasteiger charge is 2.26. The molecule has 0 bridgehead atoms. The van der Waals surface area contributed by atoms with Crippen LogP contribution in [0.25, 0.3) is 6.08 Å². The van der Waals surface area contributed by atoms with Gasteiger partial charge in [-0.2, -0.15) is 0 Å². The van der Waals surface area contributed by atoms with E-state index < -0.39 is 0 Å². The molecule has 5 heteroatoms. The molecule has 114 valence electrons. The molecule has 0 radical (unpaired) electrons. The van der Waals surface area contributed by atoms with E-state index >= 15 is 0 Å². The molecule has 0 spiro atoms. The second-order valence-corrected chi connectivity index (χ2v) is 6.22. The lowest BCUT2D eigenvalue weighted by atomic mass is 9.97. The molecule has 21 heavy (non-hydrogen) atoms. The van der Waals surface area contributed by atoms with Gasteiger partial charge in [-0.3, -0.25) is 4.79 Å². The SMILES string of the molecule is O=C(C=Cc1cc(Cl)ccc1Cl)NCC1CCCC1CO. The van der Waals surface area contributed by atoms with Crippen molar-refractivity contribution in [3.8, 4) is 0 Å². The Bertz CT molecular complexity index is 531. The predicted molar refractivity (Wildman–Crippen MR) is 86.4 cm³/mol. The van der Waals surface area contributed by atoms with Gasteiger partial charge in [-0.1, -0.05) is 29.6 Å². The fourth-order valence-electron chi connectivity index (χ4n) is 2.72. The number of nitrogens with one attached hydrogen (secondary N) is 1. The molecule has 0 heterocycles. The maximum absolute atomic E-state index is 11.8. The van der Waals surface area contributed by atoms with Crippen LogP contribution >= 0.6 is 23.2 Å². The summed E-state index contributed by atoms with van der Waals surface area (Å²) in [6.45, 7) is 0.812. The van der Waals surface area contributed by atoms with E-state index in [4.69, 9.17) is 23.2 Å². The molecule has 2 atom stereocenters. The highest BCUT2D eigenvalue weighted by molar-refractivity contribution is 6.34. The summed E-state index contributed by atoms with van der Waals surface area (Å²) in [5.41, 5.74) is 0.716. The minimum absolute atomic E-state index is 0.158. The Balaban J connectivity index is 1.86. The van der Waals surface area contributed by atoms with Gasteiger partial charge in [0.25, 0.3) is 0 Å². The van der Waals surface area contributed by atoms with Crippen molar-refractivity contribution in [2.75, 3.05) is 13.2 Å². The summed E-state index contributed by atoms with van der Waals surface area (Å²) in [7, 11) is 0. The van der Waals surface area contributed by atoms with Crippen LogP contribution in [0.5, 0.6) is 0 Å². The lowest BCUT2D eigenvalue weighted by molar-refractivity contribution is -0.116. The number of hydrogen-bond donors (Lipinski definition) is 2. The molecule has 1 aromatic carbocycles. The van der Waals surface area contributed by atoms with Crippen LogP contribution < -0.4 is 5.32 Å². The van der Waals surface area contributed by atoms with E-state index in [1.807, 2.05) is 0 Å². The van der Waals surface area contributed by atoms with E-state index in [-0.39, 0.29) is 12.5 Å². The predicted octanol–water partition coefficient (Wildman–Crippen LogP) is 3.53. The molecule has 1 aliphatic rings. The van der Waals surface area contributed by atoms with Gasteiger partial charge in [-0.05, 0) is 54.5 Å². The molecule has 1 saturated carbocycles. The van der Waals surface area contributed by atoms with Gasteiger partial charge in [-0.15, -0.1) is 0 Å². The summed E-state index contributed by atoms with van der Waals surface area (Å²) in [5, 5.41) is 13.3. The summed E-state index contributed by atoms with van der Waals surface area (Å²) in [4.78, 5) is 11.8. The number of hydrogen-bond acceptors (Lipinski definition) is 2. The smallest absolute Gasteiger partial charge is 0.244 e. The number of carbonyl (C=O) groups is 1. The Kier molecular flexibility index (Phi) is 6.09. The number of aliphatic hydroxyl groups is 1. The Morgan fingerprint density at radius 2 is 2.10 bits per heavy atom. The fourth-order valence-corrected chi connectivity index (χ4v) is 3.08. The summed E-state index contributed by atoms with van der Waals surface area (Å²) < 4.78 is 0. The van der Waals surface area contributed by atoms with Gasteiger partial charge in [-0.25, -0.2) is 0 Å². The van der Waals surface area contributed by atoms with E-state index in [0.717, 1.165) is 19.3 Å². The van der Waals surface area contributed by atoms with Gasteiger partial charge in [0.05, 0.1) is 0 Å². The van der Waals surface area contributed by atoms with Crippen molar-refractivity contribution >= 4 is 35.2 Å². The molecule has 0 saturated heterocycles. The molecule has 1 aliphatic carbocycles. The van der Waals surface area contributed by atoms with Crippen LogP contribution in [0.1, 0.15) is 24.8 Å². The summed E-state index contributed by atoms with van der Waals surface area (Å²) in [5.74, 6) is 0.536. The normalized spacial score (nSPS) is 21.9. The van der Waals surface area contributed by atoms with E-state index in [1.54, 1.807) is 24.3 Å². The Morgan fingerprint density at radius 3 is 2.86 bits per heavy atom. The van der Waals surface area contributed by atoms with Gasteiger partial charge in [0, 0.05) is 29.3 Å². The van der Waals surface area contributed by atoms with Crippen molar-refractivity contribution in [3.05, 3.63) is 39.9 Å². The van der Waals surface area contributed by atoms with Crippen molar-refractivity contribution in [2.45, 2.75) is 19.3 Å². The number of halogens is 2. The minimum Gasteiger partial charge on any atom is -0.396 e. The fraction of sp³-hybridized carbons (Fsp3) is 0.438. The third-order valence-electron chi connectivity index (χ3n) is 3.96. The average molecular weight is 328 g/mol. The second-order valence-electron chi connectivity index (χ2n) is 5.38. The van der Waals surface area contributed by atoms with Crippen LogP contribution in [0.15, 0.2) is 24.3 Å². The lowest BCUT2D eigenvalue weighted by Crippen LogP contribution is -2.30. The molecule has 1 aromatic rings. The summed E-state index contributed by atoms with van der Waals surface area (Å²) in [6, 6.07) is 5.12. The van der Waals surface area contributed by atoms with Crippen molar-refractivity contribution in [2.24, 2.45) is 11.8 Å². The highest BCUT2D eigenvalue weighted by atomic mass is 35.5. The molecule has 3 nitrogen and oxygen atoms in total. The van der Waals surface area contributed by atoms with Crippen molar-refractivity contribution in [3.63, 3.8) is 0 Å². The molecule has 1 amide bonds. The quantitative estimate of drug-likeness (QED) is 0.813. The van der Waals surface area contributed by atoms with Crippen LogP contribution in [-0.2, 0) is 4.79 Å². The Labute approximate surface area is 134 Å². The van der Waals surface area contributed by atoms with Gasteiger partial charge >= 0.3 is 0 Å². The summed E-state index contributed by atoms with van der Waals surface area (Å²) in [6.07, 6.45) is 6.35. The summed E-state index contributed by atoms with van der Waals surface area (Å²) >= 11 is 11.9. The average Bonchev–Trinajstić information content (AvgIpc) is 2.93. The zero-order valence-corrected chi connectivity index (χ0v) is 13.2. The number of carbonyl (C=O) groups excluding carboxylic acids is 1. The van der Waals surface area contributed by atoms with Gasteiger partial charge in [0.2, 0.25) is 5.91 Å².